The maximum atomic E-state index is 14.2. The van der Waals surface area contributed by atoms with Crippen LogP contribution in [-0.2, 0) is 4.74 Å². The first-order valence-electron chi connectivity index (χ1n) is 8.78. The lowest BCUT2D eigenvalue weighted by molar-refractivity contribution is 0.0408. The molecule has 1 fully saturated rings. The third-order valence-electron chi connectivity index (χ3n) is 4.74. The van der Waals surface area contributed by atoms with Crippen LogP contribution >= 0.6 is 0 Å². The van der Waals surface area contributed by atoms with E-state index in [-0.39, 0.29) is 11.6 Å². The topological polar surface area (TPSA) is 45.1 Å². The van der Waals surface area contributed by atoms with Crippen molar-refractivity contribution >= 4 is 11.7 Å². The summed E-state index contributed by atoms with van der Waals surface area (Å²) in [5, 5.41) is 5.76. The number of morpholine rings is 1. The van der Waals surface area contributed by atoms with Crippen LogP contribution in [0.4, 0.5) is 13.6 Å². The van der Waals surface area contributed by atoms with Gasteiger partial charge in [-0.1, -0.05) is 18.2 Å². The molecule has 2 aromatic carbocycles. The number of rotatable bonds is 2. The second kappa shape index (κ2) is 7.44. The van der Waals surface area contributed by atoms with Crippen molar-refractivity contribution in [3.05, 3.63) is 71.3 Å². The molecule has 0 aliphatic carbocycles. The Bertz CT molecular complexity index is 867. The summed E-state index contributed by atoms with van der Waals surface area (Å²) in [6, 6.07) is 12.8. The average molecular weight is 370 g/mol. The number of benzene rings is 2. The molecule has 0 bridgehead atoms. The average Bonchev–Trinajstić information content (AvgIpc) is 3.16. The molecule has 0 spiro atoms. The zero-order valence-electron chi connectivity index (χ0n) is 14.6. The second-order valence-corrected chi connectivity index (χ2v) is 6.45. The lowest BCUT2D eigenvalue weighted by Gasteiger charge is -2.32. The number of nitrogens with zero attached hydrogens (tertiary/aromatic N) is 3. The molecular formula is C20H18F2N3O2. The van der Waals surface area contributed by atoms with Crippen molar-refractivity contribution in [3.63, 3.8) is 0 Å². The van der Waals surface area contributed by atoms with Crippen LogP contribution in [0.2, 0.25) is 0 Å². The standard InChI is InChI=1S/C20H18F2N3O2/c21-15-6-7-17(22)16(12-15)18-13-19(14-4-2-1-3-5-14)25(23-18)20(26)24-8-10-27-11-9-24/h1-2,4-7,12,19H,8-11,13H2. The van der Waals surface area contributed by atoms with E-state index < -0.39 is 17.7 Å². The molecule has 7 heteroatoms. The lowest BCUT2D eigenvalue weighted by atomic mass is 9.98. The molecule has 1 radical (unpaired) electrons. The fraction of sp³-hybridized carbons (Fsp3) is 0.300. The van der Waals surface area contributed by atoms with Gasteiger partial charge in [0.05, 0.1) is 25.0 Å². The highest BCUT2D eigenvalue weighted by molar-refractivity contribution is 6.03. The smallest absolute Gasteiger partial charge is 0.341 e. The minimum Gasteiger partial charge on any atom is -0.378 e. The van der Waals surface area contributed by atoms with Crippen molar-refractivity contribution in [2.24, 2.45) is 5.10 Å². The Morgan fingerprint density at radius 2 is 2.04 bits per heavy atom. The Kier molecular flexibility index (Phi) is 4.85. The summed E-state index contributed by atoms with van der Waals surface area (Å²) >= 11 is 0. The SMILES string of the molecule is O=C(N1CCOCC1)N1N=C(c2cc(F)ccc2F)CC1c1c[c]ccc1. The van der Waals surface area contributed by atoms with Crippen LogP contribution < -0.4 is 0 Å². The molecule has 27 heavy (non-hydrogen) atoms. The Labute approximate surface area is 155 Å². The van der Waals surface area contributed by atoms with Crippen LogP contribution in [0, 0.1) is 17.7 Å². The monoisotopic (exact) mass is 370 g/mol. The molecule has 2 heterocycles. The van der Waals surface area contributed by atoms with E-state index in [9.17, 15) is 13.6 Å². The number of hydrazone groups is 1. The van der Waals surface area contributed by atoms with Crippen molar-refractivity contribution in [1.82, 2.24) is 9.91 Å². The summed E-state index contributed by atoms with van der Waals surface area (Å²) < 4.78 is 33.2. The number of urea groups is 1. The summed E-state index contributed by atoms with van der Waals surface area (Å²) in [5.41, 5.74) is 1.27. The molecule has 139 valence electrons. The summed E-state index contributed by atoms with van der Waals surface area (Å²) in [5.74, 6) is -1.11. The Morgan fingerprint density at radius 3 is 2.78 bits per heavy atom. The van der Waals surface area contributed by atoms with E-state index in [0.717, 1.165) is 23.8 Å². The van der Waals surface area contributed by atoms with Crippen LogP contribution in [0.1, 0.15) is 23.6 Å². The molecule has 2 aliphatic rings. The van der Waals surface area contributed by atoms with Gasteiger partial charge in [0.1, 0.15) is 11.6 Å². The molecule has 0 saturated carbocycles. The molecule has 2 aliphatic heterocycles. The summed E-state index contributed by atoms with van der Waals surface area (Å²) in [6.07, 6.45) is 0.300. The maximum Gasteiger partial charge on any atom is 0.341 e. The van der Waals surface area contributed by atoms with Gasteiger partial charge in [-0.3, -0.25) is 0 Å². The zero-order valence-corrected chi connectivity index (χ0v) is 14.6. The van der Waals surface area contributed by atoms with Crippen LogP contribution in [0.3, 0.4) is 0 Å². The Morgan fingerprint density at radius 1 is 1.22 bits per heavy atom. The van der Waals surface area contributed by atoms with E-state index in [1.54, 1.807) is 17.0 Å². The fourth-order valence-electron chi connectivity index (χ4n) is 3.34. The van der Waals surface area contributed by atoms with Crippen molar-refractivity contribution in [1.29, 1.82) is 0 Å². The van der Waals surface area contributed by atoms with E-state index in [1.165, 1.54) is 5.01 Å². The van der Waals surface area contributed by atoms with Crippen molar-refractivity contribution in [2.75, 3.05) is 26.3 Å². The van der Waals surface area contributed by atoms with Crippen molar-refractivity contribution < 1.29 is 18.3 Å². The quantitative estimate of drug-likeness (QED) is 0.814. The summed E-state index contributed by atoms with van der Waals surface area (Å²) in [6.45, 7) is 1.89. The number of hydrogen-bond acceptors (Lipinski definition) is 3. The second-order valence-electron chi connectivity index (χ2n) is 6.45. The maximum absolute atomic E-state index is 14.2. The van der Waals surface area contributed by atoms with E-state index >= 15 is 0 Å². The first-order chi connectivity index (χ1) is 13.1. The van der Waals surface area contributed by atoms with Gasteiger partial charge in [0, 0.05) is 25.1 Å². The molecule has 2 aromatic rings. The third-order valence-corrected chi connectivity index (χ3v) is 4.74. The molecule has 4 rings (SSSR count). The summed E-state index contributed by atoms with van der Waals surface area (Å²) in [7, 11) is 0. The normalized spacial score (nSPS) is 19.9. The molecule has 2 amide bonds. The Balaban J connectivity index is 1.69. The first kappa shape index (κ1) is 17.6. The van der Waals surface area contributed by atoms with Gasteiger partial charge in [-0.25, -0.2) is 18.6 Å². The molecular weight excluding hydrogens is 352 g/mol. The highest BCUT2D eigenvalue weighted by Crippen LogP contribution is 2.34. The molecule has 0 N–H and O–H groups in total. The first-order valence-corrected chi connectivity index (χ1v) is 8.78. The van der Waals surface area contributed by atoms with E-state index in [0.29, 0.717) is 38.4 Å². The minimum absolute atomic E-state index is 0.0807. The van der Waals surface area contributed by atoms with Crippen molar-refractivity contribution in [2.45, 2.75) is 12.5 Å². The number of carbonyl (C=O) groups excluding carboxylic acids is 1. The van der Waals surface area contributed by atoms with Crippen LogP contribution in [0.15, 0.2) is 47.6 Å². The van der Waals surface area contributed by atoms with Gasteiger partial charge in [-0.15, -0.1) is 0 Å². The van der Waals surface area contributed by atoms with Gasteiger partial charge in [-0.2, -0.15) is 5.10 Å². The van der Waals surface area contributed by atoms with E-state index in [4.69, 9.17) is 4.74 Å². The van der Waals surface area contributed by atoms with E-state index in [1.807, 2.05) is 12.1 Å². The molecule has 1 saturated heterocycles. The largest absolute Gasteiger partial charge is 0.378 e. The van der Waals surface area contributed by atoms with Gasteiger partial charge in [0.15, 0.2) is 0 Å². The van der Waals surface area contributed by atoms with Gasteiger partial charge in [0.25, 0.3) is 0 Å². The predicted molar refractivity (Wildman–Crippen MR) is 95.2 cm³/mol. The minimum atomic E-state index is -0.561. The molecule has 5 nitrogen and oxygen atoms in total. The molecule has 1 atom stereocenters. The lowest BCUT2D eigenvalue weighted by Crippen LogP contribution is -2.46. The van der Waals surface area contributed by atoms with Gasteiger partial charge < -0.3 is 9.64 Å². The highest BCUT2D eigenvalue weighted by atomic mass is 19.1. The fourth-order valence-corrected chi connectivity index (χ4v) is 3.34. The van der Waals surface area contributed by atoms with Gasteiger partial charge in [-0.05, 0) is 35.9 Å². The summed E-state index contributed by atoms with van der Waals surface area (Å²) in [4.78, 5) is 14.7. The van der Waals surface area contributed by atoms with Crippen LogP contribution in [0.25, 0.3) is 0 Å². The number of halogens is 2. The molecule has 1 unspecified atom stereocenters. The Hall–Kier alpha value is -2.80. The third kappa shape index (κ3) is 3.55. The highest BCUT2D eigenvalue weighted by Gasteiger charge is 2.36. The zero-order chi connectivity index (χ0) is 18.8. The number of ether oxygens (including phenoxy) is 1. The van der Waals surface area contributed by atoms with Gasteiger partial charge in [0.2, 0.25) is 0 Å². The van der Waals surface area contributed by atoms with Gasteiger partial charge >= 0.3 is 6.03 Å². The predicted octanol–water partition coefficient (Wildman–Crippen LogP) is 3.37. The molecule has 0 aromatic heterocycles. The van der Waals surface area contributed by atoms with Crippen LogP contribution in [-0.4, -0.2) is 48.0 Å². The van der Waals surface area contributed by atoms with E-state index in [2.05, 4.69) is 11.2 Å². The number of carbonyl (C=O) groups is 1. The van der Waals surface area contributed by atoms with Crippen LogP contribution in [0.5, 0.6) is 0 Å². The number of hydrogen-bond donors (Lipinski definition) is 0. The number of amides is 2. The van der Waals surface area contributed by atoms with Crippen molar-refractivity contribution in [3.8, 4) is 0 Å².